The summed E-state index contributed by atoms with van der Waals surface area (Å²) in [5.74, 6) is -0.346. The van der Waals surface area contributed by atoms with Crippen molar-refractivity contribution in [2.75, 3.05) is 0 Å². The van der Waals surface area contributed by atoms with Crippen LogP contribution in [0.4, 0.5) is 13.2 Å². The van der Waals surface area contributed by atoms with Crippen LogP contribution in [0.5, 0.6) is 5.75 Å². The van der Waals surface area contributed by atoms with Crippen molar-refractivity contribution < 1.29 is 17.9 Å². The van der Waals surface area contributed by atoms with Gasteiger partial charge in [-0.15, -0.1) is 13.2 Å². The summed E-state index contributed by atoms with van der Waals surface area (Å²) in [6, 6.07) is 3.70. The lowest BCUT2D eigenvalue weighted by molar-refractivity contribution is -0.274. The third-order valence-electron chi connectivity index (χ3n) is 1.87. The summed E-state index contributed by atoms with van der Waals surface area (Å²) in [6.07, 6.45) is -3.49. The van der Waals surface area contributed by atoms with Gasteiger partial charge >= 0.3 is 6.36 Å². The summed E-state index contributed by atoms with van der Waals surface area (Å²) in [6.45, 7) is 5.50. The van der Waals surface area contributed by atoms with Gasteiger partial charge in [0.05, 0.1) is 11.2 Å². The number of alkyl halides is 3. The smallest absolute Gasteiger partial charge is 0.406 e. The molecular weight excluding hydrogens is 221 g/mol. The van der Waals surface area contributed by atoms with E-state index in [1.54, 1.807) is 0 Å². The van der Waals surface area contributed by atoms with E-state index in [0.29, 0.717) is 10.9 Å². The van der Waals surface area contributed by atoms with Gasteiger partial charge in [0, 0.05) is 12.3 Å². The third kappa shape index (κ3) is 2.21. The highest BCUT2D eigenvalue weighted by molar-refractivity contribution is 5.82. The Labute approximate surface area is 88.9 Å². The van der Waals surface area contributed by atoms with E-state index in [-0.39, 0.29) is 11.4 Å². The maximum absolute atomic E-state index is 12.0. The fraction of sp³-hybridized carbons (Fsp3) is 0.100. The standard InChI is InChI=1S/C10H5F3N2O/c1-6-8-4-7(16-10(11,12)13)2-3-9(8)15-5-14-6/h1-5H. The lowest BCUT2D eigenvalue weighted by atomic mass is 10.2. The molecule has 0 fully saturated rings. The van der Waals surface area contributed by atoms with Gasteiger partial charge in [0.15, 0.2) is 0 Å². The highest BCUT2D eigenvalue weighted by Crippen LogP contribution is 2.26. The van der Waals surface area contributed by atoms with Gasteiger partial charge in [-0.05, 0) is 18.2 Å². The Balaban J connectivity index is 2.47. The maximum Gasteiger partial charge on any atom is 0.573 e. The highest BCUT2D eigenvalue weighted by atomic mass is 19.4. The summed E-state index contributed by atoms with van der Waals surface area (Å²) in [5, 5.41) is 0.323. The lowest BCUT2D eigenvalue weighted by Crippen LogP contribution is -2.17. The van der Waals surface area contributed by atoms with Crippen LogP contribution in [0.15, 0.2) is 24.5 Å². The molecule has 0 bridgehead atoms. The van der Waals surface area contributed by atoms with Crippen LogP contribution in [0.2, 0.25) is 0 Å². The molecule has 0 saturated carbocycles. The van der Waals surface area contributed by atoms with Gasteiger partial charge < -0.3 is 4.74 Å². The average molecular weight is 226 g/mol. The van der Waals surface area contributed by atoms with Gasteiger partial charge in [-0.1, -0.05) is 0 Å². The Morgan fingerprint density at radius 2 is 1.94 bits per heavy atom. The fourth-order valence-electron chi connectivity index (χ4n) is 1.25. The van der Waals surface area contributed by atoms with Crippen molar-refractivity contribution in [1.29, 1.82) is 0 Å². The minimum Gasteiger partial charge on any atom is -0.406 e. The molecule has 0 amide bonds. The zero-order valence-electron chi connectivity index (χ0n) is 7.82. The number of hydrogen-bond donors (Lipinski definition) is 0. The van der Waals surface area contributed by atoms with Crippen molar-refractivity contribution in [3.63, 3.8) is 0 Å². The number of rotatable bonds is 1. The van der Waals surface area contributed by atoms with Crippen molar-refractivity contribution in [2.24, 2.45) is 0 Å². The third-order valence-corrected chi connectivity index (χ3v) is 1.87. The molecule has 6 heteroatoms. The van der Waals surface area contributed by atoms with E-state index in [1.165, 1.54) is 18.5 Å². The number of aromatic nitrogens is 2. The molecule has 2 radical (unpaired) electrons. The van der Waals surface area contributed by atoms with Gasteiger partial charge in [0.25, 0.3) is 0 Å². The maximum atomic E-state index is 12.0. The van der Waals surface area contributed by atoms with Gasteiger partial charge in [-0.2, -0.15) is 0 Å². The largest absolute Gasteiger partial charge is 0.573 e. The predicted octanol–water partition coefficient (Wildman–Crippen LogP) is 2.59. The second kappa shape index (κ2) is 3.62. The Hall–Kier alpha value is -1.85. The number of nitrogens with zero attached hydrogens (tertiary/aromatic N) is 2. The zero-order valence-corrected chi connectivity index (χ0v) is 7.82. The summed E-state index contributed by atoms with van der Waals surface area (Å²) in [7, 11) is 0. The van der Waals surface area contributed by atoms with Crippen LogP contribution in [0.3, 0.4) is 0 Å². The number of fused-ring (bicyclic) bond motifs is 1. The summed E-state index contributed by atoms with van der Waals surface area (Å²) in [4.78, 5) is 7.53. The molecule has 2 rings (SSSR count). The molecule has 1 heterocycles. The first kappa shape index (κ1) is 10.7. The lowest BCUT2D eigenvalue weighted by Gasteiger charge is -2.09. The molecule has 0 unspecified atom stereocenters. The number of benzene rings is 1. The molecule has 82 valence electrons. The SMILES string of the molecule is [CH]c1ncnc2ccc(OC(F)(F)F)cc12. The van der Waals surface area contributed by atoms with E-state index >= 15 is 0 Å². The van der Waals surface area contributed by atoms with E-state index in [9.17, 15) is 13.2 Å². The molecule has 0 aliphatic rings. The minimum absolute atomic E-state index is 0.109. The Kier molecular flexibility index (Phi) is 2.41. The molecule has 16 heavy (non-hydrogen) atoms. The van der Waals surface area contributed by atoms with Crippen molar-refractivity contribution in [3.05, 3.63) is 37.1 Å². The molecule has 0 N–H and O–H groups in total. The molecule has 2 aromatic rings. The molecule has 0 aliphatic carbocycles. The number of halogens is 3. The number of ether oxygens (including phenoxy) is 1. The van der Waals surface area contributed by atoms with Crippen LogP contribution in [-0.4, -0.2) is 16.3 Å². The Morgan fingerprint density at radius 3 is 2.62 bits per heavy atom. The Morgan fingerprint density at radius 1 is 1.19 bits per heavy atom. The minimum atomic E-state index is -4.72. The number of hydrogen-bond acceptors (Lipinski definition) is 3. The fourth-order valence-corrected chi connectivity index (χ4v) is 1.25. The highest BCUT2D eigenvalue weighted by Gasteiger charge is 2.31. The van der Waals surface area contributed by atoms with Crippen molar-refractivity contribution in [2.45, 2.75) is 6.36 Å². The van der Waals surface area contributed by atoms with E-state index in [1.807, 2.05) is 0 Å². The molecule has 0 atom stereocenters. The molecule has 1 aromatic heterocycles. The van der Waals surface area contributed by atoms with Crippen molar-refractivity contribution in [3.8, 4) is 5.75 Å². The Bertz CT molecular complexity index is 525. The summed E-state index contributed by atoms with van der Waals surface area (Å²) >= 11 is 0. The van der Waals surface area contributed by atoms with E-state index in [2.05, 4.69) is 14.7 Å². The van der Waals surface area contributed by atoms with Crippen LogP contribution in [0.1, 0.15) is 5.69 Å². The van der Waals surface area contributed by atoms with Crippen LogP contribution < -0.4 is 4.74 Å². The molecule has 1 aromatic carbocycles. The van der Waals surface area contributed by atoms with Crippen LogP contribution in [0.25, 0.3) is 10.9 Å². The molecule has 0 saturated heterocycles. The van der Waals surface area contributed by atoms with Crippen LogP contribution in [-0.2, 0) is 0 Å². The van der Waals surface area contributed by atoms with E-state index < -0.39 is 6.36 Å². The molecule has 3 nitrogen and oxygen atoms in total. The molecule has 0 spiro atoms. The van der Waals surface area contributed by atoms with E-state index in [4.69, 9.17) is 6.92 Å². The first-order chi connectivity index (χ1) is 7.46. The zero-order chi connectivity index (χ0) is 11.8. The predicted molar refractivity (Wildman–Crippen MR) is 49.6 cm³/mol. The first-order valence-corrected chi connectivity index (χ1v) is 4.22. The summed E-state index contributed by atoms with van der Waals surface area (Å²) < 4.78 is 39.6. The van der Waals surface area contributed by atoms with Gasteiger partial charge in [0.1, 0.15) is 12.1 Å². The first-order valence-electron chi connectivity index (χ1n) is 4.22. The van der Waals surface area contributed by atoms with Gasteiger partial charge in [0.2, 0.25) is 0 Å². The van der Waals surface area contributed by atoms with Crippen LogP contribution in [0, 0.1) is 6.92 Å². The van der Waals surface area contributed by atoms with Crippen LogP contribution >= 0.6 is 0 Å². The topological polar surface area (TPSA) is 35.0 Å². The average Bonchev–Trinajstić information content (AvgIpc) is 2.17. The molecular formula is C10H5F3N2O. The molecule has 0 aliphatic heterocycles. The van der Waals surface area contributed by atoms with Gasteiger partial charge in [-0.3, -0.25) is 0 Å². The van der Waals surface area contributed by atoms with E-state index in [0.717, 1.165) is 6.07 Å². The second-order valence-corrected chi connectivity index (χ2v) is 2.99. The second-order valence-electron chi connectivity index (χ2n) is 2.99. The van der Waals surface area contributed by atoms with Crippen molar-refractivity contribution >= 4 is 10.9 Å². The summed E-state index contributed by atoms with van der Waals surface area (Å²) in [5.41, 5.74) is 0.569. The monoisotopic (exact) mass is 226 g/mol. The van der Waals surface area contributed by atoms with Crippen molar-refractivity contribution in [1.82, 2.24) is 9.97 Å². The quantitative estimate of drug-likeness (QED) is 0.749. The normalized spacial score (nSPS) is 11.8. The van der Waals surface area contributed by atoms with Gasteiger partial charge in [-0.25, -0.2) is 9.97 Å².